The fraction of sp³-hybridized carbons (Fsp3) is 0.467. The molecule has 1 N–H and O–H groups in total. The van der Waals surface area contributed by atoms with Gasteiger partial charge in [0.2, 0.25) is 0 Å². The SMILES string of the molecule is Cc1cc(C)c2c(C(C)C)cn(CCO)c2c1. The Balaban J connectivity index is 2.76. The molecular formula is C15H21NO. The van der Waals surface area contributed by atoms with Crippen LogP contribution in [0.15, 0.2) is 18.3 Å². The number of hydrogen-bond donors (Lipinski definition) is 1. The summed E-state index contributed by atoms with van der Waals surface area (Å²) in [6.07, 6.45) is 2.19. The molecular weight excluding hydrogens is 210 g/mol. The van der Waals surface area contributed by atoms with Gasteiger partial charge in [0.25, 0.3) is 0 Å². The number of aliphatic hydroxyl groups is 1. The van der Waals surface area contributed by atoms with Crippen molar-refractivity contribution in [2.24, 2.45) is 0 Å². The van der Waals surface area contributed by atoms with Gasteiger partial charge < -0.3 is 9.67 Å². The lowest BCUT2D eigenvalue weighted by molar-refractivity contribution is 0.278. The largest absolute Gasteiger partial charge is 0.395 e. The van der Waals surface area contributed by atoms with Crippen LogP contribution in [0.4, 0.5) is 0 Å². The van der Waals surface area contributed by atoms with Gasteiger partial charge in [0.05, 0.1) is 6.61 Å². The average molecular weight is 231 g/mol. The van der Waals surface area contributed by atoms with Gasteiger partial charge in [-0.3, -0.25) is 0 Å². The molecule has 92 valence electrons. The van der Waals surface area contributed by atoms with Crippen LogP contribution in [-0.2, 0) is 6.54 Å². The molecule has 1 heterocycles. The maximum Gasteiger partial charge on any atom is 0.0610 e. The third-order valence-corrected chi connectivity index (χ3v) is 3.31. The number of fused-ring (bicyclic) bond motifs is 1. The lowest BCUT2D eigenvalue weighted by Gasteiger charge is -2.06. The lowest BCUT2D eigenvalue weighted by Crippen LogP contribution is -2.00. The minimum atomic E-state index is 0.189. The highest BCUT2D eigenvalue weighted by Gasteiger charge is 2.13. The van der Waals surface area contributed by atoms with Crippen LogP contribution in [0.5, 0.6) is 0 Å². The third-order valence-electron chi connectivity index (χ3n) is 3.31. The zero-order chi connectivity index (χ0) is 12.6. The van der Waals surface area contributed by atoms with E-state index in [0.29, 0.717) is 12.5 Å². The quantitative estimate of drug-likeness (QED) is 0.860. The van der Waals surface area contributed by atoms with Gasteiger partial charge in [-0.15, -0.1) is 0 Å². The first-order chi connectivity index (χ1) is 8.04. The van der Waals surface area contributed by atoms with Gasteiger partial charge in [-0.2, -0.15) is 0 Å². The number of benzene rings is 1. The molecule has 17 heavy (non-hydrogen) atoms. The van der Waals surface area contributed by atoms with E-state index in [1.165, 1.54) is 27.6 Å². The standard InChI is InChI=1S/C15H21NO/c1-10(2)13-9-16(5-6-17)14-8-11(3)7-12(4)15(13)14/h7-10,17H,5-6H2,1-4H3. The number of aryl methyl sites for hydroxylation is 2. The maximum absolute atomic E-state index is 9.14. The highest BCUT2D eigenvalue weighted by atomic mass is 16.3. The Morgan fingerprint density at radius 3 is 2.53 bits per heavy atom. The zero-order valence-electron chi connectivity index (χ0n) is 11.1. The molecule has 0 radical (unpaired) electrons. The Morgan fingerprint density at radius 1 is 1.24 bits per heavy atom. The molecule has 2 heteroatoms. The smallest absolute Gasteiger partial charge is 0.0610 e. The molecule has 1 aromatic heterocycles. The number of nitrogens with zero attached hydrogens (tertiary/aromatic N) is 1. The molecule has 0 fully saturated rings. The third kappa shape index (κ3) is 2.09. The molecule has 2 rings (SSSR count). The van der Waals surface area contributed by atoms with Gasteiger partial charge in [0.1, 0.15) is 0 Å². The predicted molar refractivity (Wildman–Crippen MR) is 72.6 cm³/mol. The van der Waals surface area contributed by atoms with E-state index in [1.807, 2.05) is 0 Å². The minimum Gasteiger partial charge on any atom is -0.395 e. The van der Waals surface area contributed by atoms with Crippen LogP contribution in [0.3, 0.4) is 0 Å². The second kappa shape index (κ2) is 4.53. The van der Waals surface area contributed by atoms with E-state index >= 15 is 0 Å². The van der Waals surface area contributed by atoms with Crippen LogP contribution < -0.4 is 0 Å². The zero-order valence-corrected chi connectivity index (χ0v) is 11.1. The van der Waals surface area contributed by atoms with E-state index in [1.54, 1.807) is 0 Å². The van der Waals surface area contributed by atoms with Gasteiger partial charge in [-0.05, 0) is 42.5 Å². The molecule has 0 aliphatic rings. The average Bonchev–Trinajstić information content (AvgIpc) is 2.58. The molecule has 0 atom stereocenters. The van der Waals surface area contributed by atoms with Crippen LogP contribution >= 0.6 is 0 Å². The summed E-state index contributed by atoms with van der Waals surface area (Å²) in [6.45, 7) is 9.59. The molecule has 0 saturated heterocycles. The van der Waals surface area contributed by atoms with Crippen LogP contribution in [0, 0.1) is 13.8 Å². The van der Waals surface area contributed by atoms with Gasteiger partial charge in [-0.25, -0.2) is 0 Å². The molecule has 0 bridgehead atoms. The van der Waals surface area contributed by atoms with E-state index in [9.17, 15) is 0 Å². The van der Waals surface area contributed by atoms with Crippen molar-refractivity contribution < 1.29 is 5.11 Å². The summed E-state index contributed by atoms with van der Waals surface area (Å²) in [7, 11) is 0. The molecule has 0 aliphatic heterocycles. The first-order valence-corrected chi connectivity index (χ1v) is 6.25. The summed E-state index contributed by atoms with van der Waals surface area (Å²) in [6, 6.07) is 4.45. The minimum absolute atomic E-state index is 0.189. The molecule has 1 aromatic carbocycles. The lowest BCUT2D eigenvalue weighted by atomic mass is 9.98. The monoisotopic (exact) mass is 231 g/mol. The Morgan fingerprint density at radius 2 is 1.94 bits per heavy atom. The van der Waals surface area contributed by atoms with Gasteiger partial charge >= 0.3 is 0 Å². The summed E-state index contributed by atoms with van der Waals surface area (Å²) in [5, 5.41) is 10.5. The molecule has 2 aromatic rings. The fourth-order valence-corrected chi connectivity index (χ4v) is 2.58. The molecule has 0 unspecified atom stereocenters. The van der Waals surface area contributed by atoms with Crippen LogP contribution in [0.1, 0.15) is 36.5 Å². The normalized spacial score (nSPS) is 11.6. The Hall–Kier alpha value is -1.28. The van der Waals surface area contributed by atoms with Gasteiger partial charge in [0, 0.05) is 23.6 Å². The van der Waals surface area contributed by atoms with Crippen LogP contribution in [-0.4, -0.2) is 16.3 Å². The fourth-order valence-electron chi connectivity index (χ4n) is 2.58. The Bertz CT molecular complexity index is 537. The number of rotatable bonds is 3. The molecule has 2 nitrogen and oxygen atoms in total. The Kier molecular flexibility index (Phi) is 3.25. The summed E-state index contributed by atoms with van der Waals surface area (Å²) in [4.78, 5) is 0. The first-order valence-electron chi connectivity index (χ1n) is 6.25. The second-order valence-electron chi connectivity index (χ2n) is 5.13. The van der Waals surface area contributed by atoms with Crippen molar-refractivity contribution in [2.45, 2.75) is 40.2 Å². The van der Waals surface area contributed by atoms with E-state index in [2.05, 4.69) is 50.6 Å². The van der Waals surface area contributed by atoms with Crippen molar-refractivity contribution in [3.63, 3.8) is 0 Å². The molecule has 0 spiro atoms. The number of aromatic nitrogens is 1. The van der Waals surface area contributed by atoms with Crippen molar-refractivity contribution in [2.75, 3.05) is 6.61 Å². The number of aliphatic hydroxyl groups excluding tert-OH is 1. The highest BCUT2D eigenvalue weighted by Crippen LogP contribution is 2.31. The van der Waals surface area contributed by atoms with E-state index in [0.717, 1.165) is 0 Å². The van der Waals surface area contributed by atoms with Crippen molar-refractivity contribution in [3.8, 4) is 0 Å². The maximum atomic E-state index is 9.14. The van der Waals surface area contributed by atoms with Crippen molar-refractivity contribution in [1.29, 1.82) is 0 Å². The highest BCUT2D eigenvalue weighted by molar-refractivity contribution is 5.88. The molecule has 0 aliphatic carbocycles. The Labute approximate surface area is 103 Å². The van der Waals surface area contributed by atoms with Crippen LogP contribution in [0.2, 0.25) is 0 Å². The van der Waals surface area contributed by atoms with Crippen molar-refractivity contribution >= 4 is 10.9 Å². The summed E-state index contributed by atoms with van der Waals surface area (Å²) in [5.41, 5.74) is 5.24. The number of hydrogen-bond acceptors (Lipinski definition) is 1. The van der Waals surface area contributed by atoms with E-state index in [4.69, 9.17) is 5.11 Å². The van der Waals surface area contributed by atoms with E-state index < -0.39 is 0 Å². The predicted octanol–water partition coefficient (Wildman–Crippen LogP) is 3.37. The summed E-state index contributed by atoms with van der Waals surface area (Å²) in [5.74, 6) is 0.513. The van der Waals surface area contributed by atoms with Gasteiger partial charge in [0.15, 0.2) is 0 Å². The topological polar surface area (TPSA) is 25.2 Å². The summed E-state index contributed by atoms with van der Waals surface area (Å²) < 4.78 is 2.17. The van der Waals surface area contributed by atoms with E-state index in [-0.39, 0.29) is 6.61 Å². The second-order valence-corrected chi connectivity index (χ2v) is 5.13. The first kappa shape index (κ1) is 12.2. The van der Waals surface area contributed by atoms with Crippen molar-refractivity contribution in [3.05, 3.63) is 35.0 Å². The van der Waals surface area contributed by atoms with Crippen LogP contribution in [0.25, 0.3) is 10.9 Å². The summed E-state index contributed by atoms with van der Waals surface area (Å²) >= 11 is 0. The van der Waals surface area contributed by atoms with Gasteiger partial charge in [-0.1, -0.05) is 19.9 Å². The van der Waals surface area contributed by atoms with Crippen molar-refractivity contribution in [1.82, 2.24) is 4.57 Å². The molecule has 0 saturated carbocycles. The molecule has 0 amide bonds.